The van der Waals surface area contributed by atoms with Gasteiger partial charge in [-0.1, -0.05) is 0 Å². The molecule has 0 aromatic heterocycles. The molecule has 0 heterocycles. The smallest absolute Gasteiger partial charge is 0.321 e. The van der Waals surface area contributed by atoms with Gasteiger partial charge >= 0.3 is 12.0 Å². The van der Waals surface area contributed by atoms with Crippen LogP contribution in [-0.4, -0.2) is 30.6 Å². The third kappa shape index (κ3) is 3.51. The minimum absolute atomic E-state index is 0.0580. The van der Waals surface area contributed by atoms with Crippen LogP contribution in [0.5, 0.6) is 0 Å². The fourth-order valence-corrected chi connectivity index (χ4v) is 5.11. The second-order valence-corrected chi connectivity index (χ2v) is 7.95. The maximum absolute atomic E-state index is 12.6. The number of rotatable bonds is 4. The van der Waals surface area contributed by atoms with Gasteiger partial charge in [0, 0.05) is 6.04 Å². The molecule has 6 heteroatoms. The van der Waals surface area contributed by atoms with Crippen LogP contribution in [0.2, 0.25) is 0 Å². The number of carbonyl (C=O) groups excluding carboxylic acids is 3. The van der Waals surface area contributed by atoms with Crippen LogP contribution < -0.4 is 10.6 Å². The first-order valence-electron chi connectivity index (χ1n) is 8.64. The normalized spacial score (nSPS) is 34.3. The predicted octanol–water partition coefficient (Wildman–Crippen LogP) is 1.98. The molecule has 4 aliphatic carbocycles. The van der Waals surface area contributed by atoms with Gasteiger partial charge in [-0.25, -0.2) is 4.79 Å². The molecule has 3 amide bonds. The molecule has 2 N–H and O–H groups in total. The zero-order valence-corrected chi connectivity index (χ0v) is 13.9. The molecule has 4 aliphatic rings. The summed E-state index contributed by atoms with van der Waals surface area (Å²) in [6.07, 6.45) is 6.49. The lowest BCUT2D eigenvalue weighted by Crippen LogP contribution is -2.51. The molecule has 6 nitrogen and oxygen atoms in total. The van der Waals surface area contributed by atoms with Crippen LogP contribution in [-0.2, 0) is 14.3 Å². The van der Waals surface area contributed by atoms with Crippen molar-refractivity contribution in [1.82, 2.24) is 10.6 Å². The highest BCUT2D eigenvalue weighted by molar-refractivity contribution is 5.95. The number of carbonyl (C=O) groups is 3. The number of esters is 1. The number of ether oxygens (including phenoxy) is 1. The Morgan fingerprint density at radius 3 is 2.04 bits per heavy atom. The Labute approximate surface area is 136 Å². The van der Waals surface area contributed by atoms with E-state index in [1.807, 2.05) is 0 Å². The average molecular weight is 322 g/mol. The van der Waals surface area contributed by atoms with Crippen LogP contribution in [0.3, 0.4) is 0 Å². The summed E-state index contributed by atoms with van der Waals surface area (Å²) in [5, 5.41) is 4.73. The summed E-state index contributed by atoms with van der Waals surface area (Å²) in [6, 6.07) is -0.617. The van der Waals surface area contributed by atoms with E-state index in [0.717, 1.165) is 19.3 Å². The van der Waals surface area contributed by atoms with E-state index >= 15 is 0 Å². The summed E-state index contributed by atoms with van der Waals surface area (Å²) in [7, 11) is 0. The Morgan fingerprint density at radius 2 is 1.57 bits per heavy atom. The van der Waals surface area contributed by atoms with Crippen LogP contribution >= 0.6 is 0 Å². The van der Waals surface area contributed by atoms with E-state index in [1.165, 1.54) is 19.3 Å². The first kappa shape index (κ1) is 16.3. The Bertz CT molecular complexity index is 479. The largest absolute Gasteiger partial charge is 0.455 e. The molecule has 23 heavy (non-hydrogen) atoms. The number of hydrogen-bond donors (Lipinski definition) is 2. The summed E-state index contributed by atoms with van der Waals surface area (Å²) in [5.74, 6) is 1.13. The average Bonchev–Trinajstić information content (AvgIpc) is 2.42. The van der Waals surface area contributed by atoms with Crippen LogP contribution in [0.15, 0.2) is 0 Å². The molecule has 0 aromatic rings. The van der Waals surface area contributed by atoms with Crippen molar-refractivity contribution < 1.29 is 19.1 Å². The zero-order valence-electron chi connectivity index (χ0n) is 13.9. The third-order valence-corrected chi connectivity index (χ3v) is 5.48. The van der Waals surface area contributed by atoms with Gasteiger partial charge in [0.25, 0.3) is 5.91 Å². The summed E-state index contributed by atoms with van der Waals surface area (Å²) >= 11 is 0. The number of imide groups is 1. The lowest BCUT2D eigenvalue weighted by atomic mass is 9.49. The second-order valence-electron chi connectivity index (χ2n) is 7.95. The molecule has 4 bridgehead atoms. The van der Waals surface area contributed by atoms with Crippen LogP contribution in [0.1, 0.15) is 52.4 Å². The van der Waals surface area contributed by atoms with Crippen LogP contribution in [0, 0.1) is 23.2 Å². The van der Waals surface area contributed by atoms with Crippen molar-refractivity contribution in [3.8, 4) is 0 Å². The van der Waals surface area contributed by atoms with Gasteiger partial charge in [-0.2, -0.15) is 0 Å². The van der Waals surface area contributed by atoms with Crippen molar-refractivity contribution in [2.45, 2.75) is 58.4 Å². The highest BCUT2D eigenvalue weighted by atomic mass is 16.5. The Kier molecular flexibility index (Phi) is 4.34. The summed E-state index contributed by atoms with van der Waals surface area (Å²) < 4.78 is 5.26. The van der Waals surface area contributed by atoms with E-state index in [2.05, 4.69) is 10.6 Å². The quantitative estimate of drug-likeness (QED) is 0.775. The van der Waals surface area contributed by atoms with Crippen molar-refractivity contribution in [1.29, 1.82) is 0 Å². The van der Waals surface area contributed by atoms with Gasteiger partial charge in [-0.05, 0) is 70.1 Å². The van der Waals surface area contributed by atoms with Crippen molar-refractivity contribution in [3.63, 3.8) is 0 Å². The van der Waals surface area contributed by atoms with Crippen LogP contribution in [0.25, 0.3) is 0 Å². The van der Waals surface area contributed by atoms with E-state index in [1.54, 1.807) is 13.8 Å². The highest BCUT2D eigenvalue weighted by Gasteiger charge is 2.55. The lowest BCUT2D eigenvalue weighted by molar-refractivity contribution is -0.173. The Balaban J connectivity index is 1.50. The topological polar surface area (TPSA) is 84.5 Å². The molecule has 4 fully saturated rings. The molecule has 128 valence electrons. The van der Waals surface area contributed by atoms with Gasteiger partial charge in [0.05, 0.1) is 5.41 Å². The fourth-order valence-electron chi connectivity index (χ4n) is 5.11. The molecule has 0 radical (unpaired) electrons. The van der Waals surface area contributed by atoms with E-state index in [-0.39, 0.29) is 24.0 Å². The Hall–Kier alpha value is -1.59. The zero-order chi connectivity index (χ0) is 16.6. The van der Waals surface area contributed by atoms with Crippen molar-refractivity contribution in [2.24, 2.45) is 23.2 Å². The molecule has 0 spiro atoms. The van der Waals surface area contributed by atoms with Gasteiger partial charge in [0.1, 0.15) is 0 Å². The molecular formula is C17H26N2O4. The van der Waals surface area contributed by atoms with Crippen molar-refractivity contribution in [3.05, 3.63) is 0 Å². The monoisotopic (exact) mass is 322 g/mol. The first-order chi connectivity index (χ1) is 10.9. The minimum atomic E-state index is -0.582. The minimum Gasteiger partial charge on any atom is -0.455 e. The SMILES string of the molecule is CC(C)NC(=O)NC(=O)COC(=O)C12CC3CC(CC(C3)C1)C2. The third-order valence-electron chi connectivity index (χ3n) is 5.48. The molecule has 0 aromatic carbocycles. The molecule has 4 rings (SSSR count). The van der Waals surface area contributed by atoms with Gasteiger partial charge in [-0.15, -0.1) is 0 Å². The van der Waals surface area contributed by atoms with Gasteiger partial charge in [-0.3, -0.25) is 14.9 Å². The number of nitrogens with one attached hydrogen (secondary N) is 2. The summed E-state index contributed by atoms with van der Waals surface area (Å²) in [4.78, 5) is 35.7. The second kappa shape index (κ2) is 6.13. The molecule has 4 saturated carbocycles. The van der Waals surface area contributed by atoms with Crippen LogP contribution in [0.4, 0.5) is 4.79 Å². The lowest BCUT2D eigenvalue weighted by Gasteiger charge is -2.55. The maximum atomic E-state index is 12.6. The molecular weight excluding hydrogens is 296 g/mol. The van der Waals surface area contributed by atoms with Crippen molar-refractivity contribution >= 4 is 17.9 Å². The van der Waals surface area contributed by atoms with E-state index in [9.17, 15) is 14.4 Å². The predicted molar refractivity (Wildman–Crippen MR) is 83.4 cm³/mol. The summed E-state index contributed by atoms with van der Waals surface area (Å²) in [6.45, 7) is 3.22. The molecule has 0 atom stereocenters. The van der Waals surface area contributed by atoms with Crippen molar-refractivity contribution in [2.75, 3.05) is 6.61 Å². The molecule has 0 aliphatic heterocycles. The number of hydrogen-bond acceptors (Lipinski definition) is 4. The molecule has 0 unspecified atom stereocenters. The maximum Gasteiger partial charge on any atom is 0.321 e. The molecule has 0 saturated heterocycles. The highest BCUT2D eigenvalue weighted by Crippen LogP contribution is 2.60. The number of amides is 3. The van der Waals surface area contributed by atoms with Gasteiger partial charge in [0.2, 0.25) is 0 Å². The number of urea groups is 1. The van der Waals surface area contributed by atoms with Gasteiger partial charge < -0.3 is 10.1 Å². The van der Waals surface area contributed by atoms with Gasteiger partial charge in [0.15, 0.2) is 6.61 Å². The fraction of sp³-hybridized carbons (Fsp3) is 0.824. The van der Waals surface area contributed by atoms with E-state index < -0.39 is 11.9 Å². The van der Waals surface area contributed by atoms with E-state index in [0.29, 0.717) is 17.8 Å². The first-order valence-corrected chi connectivity index (χ1v) is 8.64. The Morgan fingerprint density at radius 1 is 1.04 bits per heavy atom. The van der Waals surface area contributed by atoms with E-state index in [4.69, 9.17) is 4.74 Å². The summed E-state index contributed by atoms with van der Waals surface area (Å²) in [5.41, 5.74) is -0.366. The standard InChI is InChI=1S/C17H26N2O4/c1-10(2)18-16(22)19-14(20)9-23-15(21)17-6-11-3-12(7-17)5-13(4-11)8-17/h10-13H,3-9H2,1-2H3,(H2,18,19,20,22).